The molecule has 2 heteroatoms. The van der Waals surface area contributed by atoms with Crippen molar-refractivity contribution >= 4 is 5.97 Å². The minimum Gasteiger partial charge on any atom is -0.481 e. The Bertz CT molecular complexity index is 331. The lowest BCUT2D eigenvalue weighted by Crippen LogP contribution is -2.06. The van der Waals surface area contributed by atoms with E-state index in [9.17, 15) is 4.79 Å². The largest absolute Gasteiger partial charge is 0.481 e. The highest BCUT2D eigenvalue weighted by atomic mass is 16.4. The Morgan fingerprint density at radius 2 is 2.20 bits per heavy atom. The van der Waals surface area contributed by atoms with Crippen LogP contribution in [0.3, 0.4) is 0 Å². The van der Waals surface area contributed by atoms with E-state index in [4.69, 9.17) is 5.11 Å². The first kappa shape index (κ1) is 11.8. The fourth-order valence-electron chi connectivity index (χ4n) is 1.87. The molecule has 1 atom stereocenters. The second-order valence-electron chi connectivity index (χ2n) is 4.00. The van der Waals surface area contributed by atoms with E-state index in [2.05, 4.69) is 13.0 Å². The van der Waals surface area contributed by atoms with Crippen molar-refractivity contribution in [3.8, 4) is 0 Å². The molecule has 1 rings (SSSR count). The van der Waals surface area contributed by atoms with E-state index in [1.807, 2.05) is 25.1 Å². The van der Waals surface area contributed by atoms with Crippen LogP contribution in [0.4, 0.5) is 0 Å². The van der Waals surface area contributed by atoms with Gasteiger partial charge in [-0.3, -0.25) is 4.79 Å². The summed E-state index contributed by atoms with van der Waals surface area (Å²) in [4.78, 5) is 10.7. The van der Waals surface area contributed by atoms with Crippen molar-refractivity contribution in [2.24, 2.45) is 0 Å². The molecule has 0 saturated carbocycles. The standard InChI is InChI=1S/C13H18O2/c1-3-5-11(9-13(14)15)12-7-4-6-10(2)8-12/h4,6-8,11H,3,5,9H2,1-2H3,(H,14,15). The maximum Gasteiger partial charge on any atom is 0.303 e. The summed E-state index contributed by atoms with van der Waals surface area (Å²) in [7, 11) is 0. The average molecular weight is 206 g/mol. The highest BCUT2D eigenvalue weighted by Gasteiger charge is 2.14. The highest BCUT2D eigenvalue weighted by Crippen LogP contribution is 2.25. The van der Waals surface area contributed by atoms with E-state index in [1.165, 1.54) is 5.56 Å². The number of aliphatic carboxylic acids is 1. The van der Waals surface area contributed by atoms with Gasteiger partial charge in [0, 0.05) is 0 Å². The quantitative estimate of drug-likeness (QED) is 0.802. The summed E-state index contributed by atoms with van der Waals surface area (Å²) in [5.41, 5.74) is 2.35. The zero-order chi connectivity index (χ0) is 11.3. The Morgan fingerprint density at radius 1 is 1.47 bits per heavy atom. The van der Waals surface area contributed by atoms with Crippen LogP contribution in [0.1, 0.15) is 43.2 Å². The van der Waals surface area contributed by atoms with Gasteiger partial charge in [-0.15, -0.1) is 0 Å². The number of carboxylic acids is 1. The molecule has 0 saturated heterocycles. The molecule has 0 heterocycles. The van der Waals surface area contributed by atoms with E-state index >= 15 is 0 Å². The van der Waals surface area contributed by atoms with Gasteiger partial charge in [-0.05, 0) is 24.8 Å². The van der Waals surface area contributed by atoms with E-state index < -0.39 is 5.97 Å². The van der Waals surface area contributed by atoms with Crippen LogP contribution in [-0.4, -0.2) is 11.1 Å². The minimum absolute atomic E-state index is 0.160. The first-order chi connectivity index (χ1) is 7.13. The topological polar surface area (TPSA) is 37.3 Å². The summed E-state index contributed by atoms with van der Waals surface area (Å²) in [5, 5.41) is 8.84. The van der Waals surface area contributed by atoms with Crippen LogP contribution < -0.4 is 0 Å². The molecule has 1 N–H and O–H groups in total. The molecule has 0 aliphatic rings. The molecule has 1 aromatic rings. The van der Waals surface area contributed by atoms with Crippen LogP contribution in [0.2, 0.25) is 0 Å². The Labute approximate surface area is 90.9 Å². The number of hydrogen-bond acceptors (Lipinski definition) is 1. The van der Waals surface area contributed by atoms with E-state index in [0.717, 1.165) is 18.4 Å². The van der Waals surface area contributed by atoms with Crippen LogP contribution in [0.5, 0.6) is 0 Å². The van der Waals surface area contributed by atoms with E-state index in [0.29, 0.717) is 0 Å². The number of hydrogen-bond donors (Lipinski definition) is 1. The summed E-state index contributed by atoms with van der Waals surface area (Å²) in [6.45, 7) is 4.12. The van der Waals surface area contributed by atoms with Crippen molar-refractivity contribution in [1.82, 2.24) is 0 Å². The third-order valence-corrected chi connectivity index (χ3v) is 2.57. The second kappa shape index (κ2) is 5.54. The smallest absolute Gasteiger partial charge is 0.303 e. The van der Waals surface area contributed by atoms with Gasteiger partial charge < -0.3 is 5.11 Å². The summed E-state index contributed by atoms with van der Waals surface area (Å²) in [5.74, 6) is -0.553. The van der Waals surface area contributed by atoms with Gasteiger partial charge >= 0.3 is 5.97 Å². The maximum absolute atomic E-state index is 10.7. The van der Waals surface area contributed by atoms with Crippen LogP contribution in [0.25, 0.3) is 0 Å². The predicted molar refractivity (Wildman–Crippen MR) is 61.1 cm³/mol. The van der Waals surface area contributed by atoms with Crippen molar-refractivity contribution in [3.63, 3.8) is 0 Å². The highest BCUT2D eigenvalue weighted by molar-refractivity contribution is 5.68. The number of aryl methyl sites for hydroxylation is 1. The molecule has 15 heavy (non-hydrogen) atoms. The van der Waals surface area contributed by atoms with Gasteiger partial charge in [0.15, 0.2) is 0 Å². The van der Waals surface area contributed by atoms with Crippen molar-refractivity contribution in [2.45, 2.75) is 39.0 Å². The van der Waals surface area contributed by atoms with Gasteiger partial charge in [-0.1, -0.05) is 43.2 Å². The average Bonchev–Trinajstić information content (AvgIpc) is 2.16. The summed E-state index contributed by atoms with van der Waals surface area (Å²) in [6, 6.07) is 8.14. The van der Waals surface area contributed by atoms with Crippen molar-refractivity contribution in [3.05, 3.63) is 35.4 Å². The maximum atomic E-state index is 10.7. The van der Waals surface area contributed by atoms with Crippen LogP contribution in [0, 0.1) is 6.92 Å². The molecule has 0 amide bonds. The summed E-state index contributed by atoms with van der Waals surface area (Å²) < 4.78 is 0. The Morgan fingerprint density at radius 3 is 2.73 bits per heavy atom. The zero-order valence-electron chi connectivity index (χ0n) is 9.36. The molecule has 0 fully saturated rings. The molecule has 0 aliphatic heterocycles. The van der Waals surface area contributed by atoms with Crippen molar-refractivity contribution in [2.75, 3.05) is 0 Å². The van der Waals surface area contributed by atoms with Crippen LogP contribution in [-0.2, 0) is 4.79 Å². The number of carbonyl (C=O) groups is 1. The fourth-order valence-corrected chi connectivity index (χ4v) is 1.87. The molecule has 1 aromatic carbocycles. The third-order valence-electron chi connectivity index (χ3n) is 2.57. The zero-order valence-corrected chi connectivity index (χ0v) is 9.36. The number of benzene rings is 1. The van der Waals surface area contributed by atoms with Gasteiger partial charge in [-0.2, -0.15) is 0 Å². The van der Waals surface area contributed by atoms with Gasteiger partial charge in [0.05, 0.1) is 6.42 Å². The number of rotatable bonds is 5. The second-order valence-corrected chi connectivity index (χ2v) is 4.00. The normalized spacial score (nSPS) is 12.4. The van der Waals surface area contributed by atoms with Gasteiger partial charge in [-0.25, -0.2) is 0 Å². The first-order valence-electron chi connectivity index (χ1n) is 5.41. The molecule has 1 unspecified atom stereocenters. The molecule has 0 radical (unpaired) electrons. The van der Waals surface area contributed by atoms with Crippen LogP contribution in [0.15, 0.2) is 24.3 Å². The van der Waals surface area contributed by atoms with Gasteiger partial charge in [0.2, 0.25) is 0 Å². The SMILES string of the molecule is CCCC(CC(=O)O)c1cccc(C)c1. The molecular weight excluding hydrogens is 188 g/mol. The Hall–Kier alpha value is -1.31. The van der Waals surface area contributed by atoms with Crippen molar-refractivity contribution in [1.29, 1.82) is 0 Å². The molecule has 82 valence electrons. The molecule has 0 bridgehead atoms. The molecule has 0 spiro atoms. The summed E-state index contributed by atoms with van der Waals surface area (Å²) >= 11 is 0. The van der Waals surface area contributed by atoms with Crippen molar-refractivity contribution < 1.29 is 9.90 Å². The first-order valence-corrected chi connectivity index (χ1v) is 5.41. The Balaban J connectivity index is 2.83. The van der Waals surface area contributed by atoms with E-state index in [1.54, 1.807) is 0 Å². The lowest BCUT2D eigenvalue weighted by Gasteiger charge is -2.14. The molecule has 0 aromatic heterocycles. The monoisotopic (exact) mass is 206 g/mol. The van der Waals surface area contributed by atoms with Gasteiger partial charge in [0.25, 0.3) is 0 Å². The molecular formula is C13H18O2. The molecule has 0 aliphatic carbocycles. The lowest BCUT2D eigenvalue weighted by molar-refractivity contribution is -0.137. The van der Waals surface area contributed by atoms with E-state index in [-0.39, 0.29) is 12.3 Å². The lowest BCUT2D eigenvalue weighted by atomic mass is 9.91. The molecule has 2 nitrogen and oxygen atoms in total. The van der Waals surface area contributed by atoms with Crippen LogP contribution >= 0.6 is 0 Å². The third kappa shape index (κ3) is 3.74. The summed E-state index contributed by atoms with van der Waals surface area (Å²) in [6.07, 6.45) is 2.19. The van der Waals surface area contributed by atoms with Gasteiger partial charge in [0.1, 0.15) is 0 Å². The Kier molecular flexibility index (Phi) is 4.35. The predicted octanol–water partition coefficient (Wildman–Crippen LogP) is 3.35. The number of carboxylic acid groups (broad SMARTS) is 1. The fraction of sp³-hybridized carbons (Fsp3) is 0.462. The minimum atomic E-state index is -0.713.